The van der Waals surface area contributed by atoms with Gasteiger partial charge in [-0.15, -0.1) is 11.3 Å². The summed E-state index contributed by atoms with van der Waals surface area (Å²) in [5.74, 6) is 0.650. The molecule has 0 fully saturated rings. The number of ether oxygens (including phenoxy) is 2. The van der Waals surface area contributed by atoms with Gasteiger partial charge in [0.2, 0.25) is 15.7 Å². The lowest BCUT2D eigenvalue weighted by Crippen LogP contribution is -2.24. The van der Waals surface area contributed by atoms with E-state index >= 15 is 0 Å². The summed E-state index contributed by atoms with van der Waals surface area (Å²) in [6, 6.07) is 12.3. The molecule has 4 rings (SSSR count). The first kappa shape index (κ1) is 23.3. The minimum absolute atomic E-state index is 0.126. The number of rotatable bonds is 8. The lowest BCUT2D eigenvalue weighted by atomic mass is 9.89. The van der Waals surface area contributed by atoms with Crippen LogP contribution >= 0.6 is 11.3 Å². The van der Waals surface area contributed by atoms with E-state index in [4.69, 9.17) is 9.47 Å². The van der Waals surface area contributed by atoms with Crippen LogP contribution in [0.4, 0.5) is 5.69 Å². The Kier molecular flexibility index (Phi) is 6.76. The maximum atomic E-state index is 13.4. The van der Waals surface area contributed by atoms with E-state index in [0.29, 0.717) is 23.8 Å². The van der Waals surface area contributed by atoms with Crippen molar-refractivity contribution in [2.45, 2.75) is 48.8 Å². The highest BCUT2D eigenvalue weighted by Crippen LogP contribution is 2.49. The van der Waals surface area contributed by atoms with Crippen molar-refractivity contribution in [2.24, 2.45) is 0 Å². The molecule has 6 nitrogen and oxygen atoms in total. The van der Waals surface area contributed by atoms with Gasteiger partial charge in [-0.1, -0.05) is 43.2 Å². The van der Waals surface area contributed by atoms with Crippen molar-refractivity contribution in [3.8, 4) is 11.5 Å². The molecule has 0 unspecified atom stereocenters. The van der Waals surface area contributed by atoms with Gasteiger partial charge >= 0.3 is 0 Å². The molecule has 33 heavy (non-hydrogen) atoms. The molecule has 2 aromatic carbocycles. The van der Waals surface area contributed by atoms with E-state index in [1.165, 1.54) is 11.3 Å². The summed E-state index contributed by atoms with van der Waals surface area (Å²) in [5, 5.41) is 4.44. The Morgan fingerprint density at radius 1 is 1.15 bits per heavy atom. The van der Waals surface area contributed by atoms with Gasteiger partial charge in [0, 0.05) is 28.2 Å². The second-order valence-electron chi connectivity index (χ2n) is 8.04. The molecule has 1 aromatic heterocycles. The summed E-state index contributed by atoms with van der Waals surface area (Å²) in [6.07, 6.45) is 2.09. The summed E-state index contributed by atoms with van der Waals surface area (Å²) in [6.45, 7) is 4.53. The number of amides is 1. The van der Waals surface area contributed by atoms with Gasteiger partial charge in [-0.25, -0.2) is 8.42 Å². The van der Waals surface area contributed by atoms with E-state index in [9.17, 15) is 13.2 Å². The van der Waals surface area contributed by atoms with Gasteiger partial charge in [-0.05, 0) is 31.5 Å². The van der Waals surface area contributed by atoms with Gasteiger partial charge in [0.05, 0.1) is 24.3 Å². The molecule has 174 valence electrons. The third-order valence-electron chi connectivity index (χ3n) is 5.73. The zero-order chi connectivity index (χ0) is 23.6. The van der Waals surface area contributed by atoms with Crippen molar-refractivity contribution < 1.29 is 22.7 Å². The summed E-state index contributed by atoms with van der Waals surface area (Å²) in [5.41, 5.74) is 2.16. The summed E-state index contributed by atoms with van der Waals surface area (Å²) >= 11 is 1.34. The number of sulfone groups is 1. The Hall–Kier alpha value is -2.84. The van der Waals surface area contributed by atoms with Crippen molar-refractivity contribution >= 4 is 32.8 Å². The van der Waals surface area contributed by atoms with E-state index in [2.05, 4.69) is 12.2 Å². The van der Waals surface area contributed by atoms with Crippen molar-refractivity contribution in [3.63, 3.8) is 0 Å². The highest BCUT2D eigenvalue weighted by Gasteiger charge is 2.36. The lowest BCUT2D eigenvalue weighted by Gasteiger charge is -2.26. The monoisotopic (exact) mass is 485 g/mol. The third-order valence-corrected chi connectivity index (χ3v) is 8.77. The van der Waals surface area contributed by atoms with Crippen LogP contribution in [0.1, 0.15) is 48.1 Å². The van der Waals surface area contributed by atoms with Crippen LogP contribution < -0.4 is 14.8 Å². The minimum Gasteiger partial charge on any atom is -0.493 e. The summed E-state index contributed by atoms with van der Waals surface area (Å²) < 4.78 is 38.4. The van der Waals surface area contributed by atoms with Gasteiger partial charge in [0.1, 0.15) is 4.90 Å². The smallest absolute Gasteiger partial charge is 0.225 e. The van der Waals surface area contributed by atoms with Crippen LogP contribution in [-0.4, -0.2) is 28.0 Å². The molecule has 8 heteroatoms. The van der Waals surface area contributed by atoms with Crippen LogP contribution in [0, 0.1) is 6.92 Å². The average Bonchev–Trinajstić information content (AvgIpc) is 3.23. The molecule has 3 aromatic rings. The number of anilines is 1. The molecule has 0 saturated heterocycles. The Bertz CT molecular complexity index is 1260. The Morgan fingerprint density at radius 3 is 2.61 bits per heavy atom. The Labute approximate surface area is 198 Å². The highest BCUT2D eigenvalue weighted by molar-refractivity contribution is 7.91. The molecular formula is C25H27NO5S2. The normalized spacial score (nSPS) is 15.6. The second-order valence-corrected chi connectivity index (χ2v) is 10.9. The van der Waals surface area contributed by atoms with Crippen molar-refractivity contribution in [1.82, 2.24) is 0 Å². The molecule has 1 aliphatic rings. The standard InChI is InChI=1S/C25H27NO5S2/c1-4-5-13-31-24-18(7-6-8-20(24)30-3)19-14-22(27)26-23-21(15-32-25(19)23)33(28,29)17-11-9-16(2)10-12-17/h6-12,15,19H,4-5,13-14H2,1-3H3,(H,26,27)/t19-/m0/s1. The van der Waals surface area contributed by atoms with Crippen molar-refractivity contribution in [3.05, 3.63) is 63.8 Å². The van der Waals surface area contributed by atoms with Crippen LogP contribution in [0.2, 0.25) is 0 Å². The number of hydrogen-bond acceptors (Lipinski definition) is 6. The molecule has 0 saturated carbocycles. The maximum absolute atomic E-state index is 13.4. The number of benzene rings is 2. The number of thiophene rings is 1. The largest absolute Gasteiger partial charge is 0.493 e. The molecule has 0 radical (unpaired) electrons. The number of carbonyl (C=O) groups excluding carboxylic acids is 1. The number of fused-ring (bicyclic) bond motifs is 1. The van der Waals surface area contributed by atoms with E-state index < -0.39 is 9.84 Å². The molecule has 1 atom stereocenters. The predicted octanol–water partition coefficient (Wildman–Crippen LogP) is 5.55. The lowest BCUT2D eigenvalue weighted by molar-refractivity contribution is -0.116. The minimum atomic E-state index is -3.78. The predicted molar refractivity (Wildman–Crippen MR) is 129 cm³/mol. The van der Waals surface area contributed by atoms with E-state index in [1.54, 1.807) is 36.8 Å². The summed E-state index contributed by atoms with van der Waals surface area (Å²) in [7, 11) is -2.20. The van der Waals surface area contributed by atoms with Gasteiger partial charge in [-0.2, -0.15) is 0 Å². The molecular weight excluding hydrogens is 458 g/mol. The van der Waals surface area contributed by atoms with Gasteiger partial charge in [0.25, 0.3) is 0 Å². The fraction of sp³-hybridized carbons (Fsp3) is 0.320. The first-order chi connectivity index (χ1) is 15.9. The molecule has 2 heterocycles. The zero-order valence-electron chi connectivity index (χ0n) is 18.9. The van der Waals surface area contributed by atoms with E-state index in [1.807, 2.05) is 25.1 Å². The van der Waals surface area contributed by atoms with Gasteiger partial charge < -0.3 is 14.8 Å². The van der Waals surface area contributed by atoms with Crippen LogP contribution in [0.5, 0.6) is 11.5 Å². The number of nitrogens with one attached hydrogen (secondary N) is 1. The Balaban J connectivity index is 1.80. The van der Waals surface area contributed by atoms with E-state index in [0.717, 1.165) is 28.8 Å². The van der Waals surface area contributed by atoms with Gasteiger partial charge in [0.15, 0.2) is 11.5 Å². The molecule has 0 aliphatic carbocycles. The number of methoxy groups -OCH3 is 1. The molecule has 0 bridgehead atoms. The number of para-hydroxylation sites is 1. The zero-order valence-corrected chi connectivity index (χ0v) is 20.5. The fourth-order valence-corrected chi connectivity index (χ4v) is 6.84. The number of unbranched alkanes of at least 4 members (excludes halogenated alkanes) is 1. The number of hydrogen-bond donors (Lipinski definition) is 1. The second kappa shape index (κ2) is 9.57. The van der Waals surface area contributed by atoms with Crippen LogP contribution in [0.25, 0.3) is 0 Å². The topological polar surface area (TPSA) is 81.7 Å². The molecule has 1 aliphatic heterocycles. The van der Waals surface area contributed by atoms with Crippen LogP contribution in [0.15, 0.2) is 57.6 Å². The SMILES string of the molecule is CCCCOc1c(OC)cccc1[C@@H]1CC(=O)Nc2c(S(=O)(=O)c3ccc(C)cc3)csc21. The third kappa shape index (κ3) is 4.50. The van der Waals surface area contributed by atoms with Gasteiger partial charge in [-0.3, -0.25) is 4.79 Å². The van der Waals surface area contributed by atoms with Crippen LogP contribution in [-0.2, 0) is 14.6 Å². The molecule has 1 N–H and O–H groups in total. The fourth-order valence-electron chi connectivity index (χ4n) is 3.94. The quantitative estimate of drug-likeness (QED) is 0.423. The first-order valence-electron chi connectivity index (χ1n) is 10.9. The summed E-state index contributed by atoms with van der Waals surface area (Å²) in [4.78, 5) is 13.8. The first-order valence-corrected chi connectivity index (χ1v) is 13.3. The van der Waals surface area contributed by atoms with Crippen molar-refractivity contribution in [2.75, 3.05) is 19.0 Å². The van der Waals surface area contributed by atoms with E-state index in [-0.39, 0.29) is 28.0 Å². The molecule has 1 amide bonds. The number of aryl methyl sites for hydroxylation is 1. The molecule has 0 spiro atoms. The maximum Gasteiger partial charge on any atom is 0.225 e. The van der Waals surface area contributed by atoms with Crippen LogP contribution in [0.3, 0.4) is 0 Å². The average molecular weight is 486 g/mol. The number of carbonyl (C=O) groups is 1. The highest BCUT2D eigenvalue weighted by atomic mass is 32.2. The van der Waals surface area contributed by atoms with Crippen molar-refractivity contribution in [1.29, 1.82) is 0 Å². The Morgan fingerprint density at radius 2 is 1.91 bits per heavy atom.